The van der Waals surface area contributed by atoms with E-state index in [0.29, 0.717) is 19.1 Å². The molecule has 2 aliphatic heterocycles. The number of ether oxygens (including phenoxy) is 3. The summed E-state index contributed by atoms with van der Waals surface area (Å²) in [5.41, 5.74) is 0.936. The molecule has 18 heavy (non-hydrogen) atoms. The van der Waals surface area contributed by atoms with Crippen LogP contribution in [-0.4, -0.2) is 54.3 Å². The molecule has 1 aromatic rings. The lowest BCUT2D eigenvalue weighted by atomic mass is 10.2. The first-order valence-corrected chi connectivity index (χ1v) is 6.17. The number of hydrogen-bond acceptors (Lipinski definition) is 6. The highest BCUT2D eigenvalue weighted by molar-refractivity contribution is 5.11. The molecule has 2 saturated heterocycles. The Morgan fingerprint density at radius 3 is 2.83 bits per heavy atom. The second-order valence-corrected chi connectivity index (χ2v) is 4.64. The number of aromatic nitrogens is 2. The Bertz CT molecular complexity index is 404. The lowest BCUT2D eigenvalue weighted by Crippen LogP contribution is -2.34. The molecule has 1 aromatic heterocycles. The van der Waals surface area contributed by atoms with Gasteiger partial charge in [0.2, 0.25) is 5.88 Å². The standard InChI is InChI=1S/C12H17N3O3/c1-16-11-3-2-10(13-14-11)8-15-5-4-12(9-15)17-6-7-18-12/h2-3H,4-9H2,1H3. The van der Waals surface area contributed by atoms with Crippen LogP contribution in [0.2, 0.25) is 0 Å². The van der Waals surface area contributed by atoms with Crippen molar-refractivity contribution in [2.24, 2.45) is 0 Å². The highest BCUT2D eigenvalue weighted by Gasteiger charge is 2.43. The predicted octanol–water partition coefficient (Wildman–Crippen LogP) is 0.434. The van der Waals surface area contributed by atoms with Crippen LogP contribution in [0.3, 0.4) is 0 Å². The van der Waals surface area contributed by atoms with E-state index in [-0.39, 0.29) is 5.79 Å². The van der Waals surface area contributed by atoms with E-state index >= 15 is 0 Å². The van der Waals surface area contributed by atoms with Crippen molar-refractivity contribution in [3.63, 3.8) is 0 Å². The van der Waals surface area contributed by atoms with Crippen molar-refractivity contribution in [2.75, 3.05) is 33.4 Å². The highest BCUT2D eigenvalue weighted by Crippen LogP contribution is 2.30. The van der Waals surface area contributed by atoms with Crippen molar-refractivity contribution in [2.45, 2.75) is 18.8 Å². The SMILES string of the molecule is COc1ccc(CN2CCC3(C2)OCCO3)nn1. The second kappa shape index (κ2) is 4.79. The molecular weight excluding hydrogens is 234 g/mol. The smallest absolute Gasteiger partial charge is 0.233 e. The van der Waals surface area contributed by atoms with Gasteiger partial charge in [-0.15, -0.1) is 5.10 Å². The summed E-state index contributed by atoms with van der Waals surface area (Å²) in [5, 5.41) is 8.10. The number of hydrogen-bond donors (Lipinski definition) is 0. The van der Waals surface area contributed by atoms with Crippen LogP contribution >= 0.6 is 0 Å². The van der Waals surface area contributed by atoms with Gasteiger partial charge in [-0.05, 0) is 6.07 Å². The number of nitrogens with zero attached hydrogens (tertiary/aromatic N) is 3. The van der Waals surface area contributed by atoms with Crippen molar-refractivity contribution in [1.82, 2.24) is 15.1 Å². The quantitative estimate of drug-likeness (QED) is 0.776. The minimum Gasteiger partial charge on any atom is -0.480 e. The van der Waals surface area contributed by atoms with E-state index in [4.69, 9.17) is 14.2 Å². The Kier molecular flexibility index (Phi) is 3.15. The molecule has 0 N–H and O–H groups in total. The summed E-state index contributed by atoms with van der Waals surface area (Å²) in [4.78, 5) is 2.28. The molecule has 0 saturated carbocycles. The molecule has 6 heteroatoms. The van der Waals surface area contributed by atoms with Gasteiger partial charge in [0.1, 0.15) is 0 Å². The average molecular weight is 251 g/mol. The zero-order valence-electron chi connectivity index (χ0n) is 10.5. The second-order valence-electron chi connectivity index (χ2n) is 4.64. The molecule has 6 nitrogen and oxygen atoms in total. The summed E-state index contributed by atoms with van der Waals surface area (Å²) >= 11 is 0. The van der Waals surface area contributed by atoms with Gasteiger partial charge in [-0.25, -0.2) is 0 Å². The van der Waals surface area contributed by atoms with E-state index in [1.165, 1.54) is 0 Å². The van der Waals surface area contributed by atoms with Crippen LogP contribution in [0.5, 0.6) is 5.88 Å². The van der Waals surface area contributed by atoms with Gasteiger partial charge in [-0.3, -0.25) is 4.90 Å². The van der Waals surface area contributed by atoms with Crippen LogP contribution in [0.4, 0.5) is 0 Å². The number of methoxy groups -OCH3 is 1. The van der Waals surface area contributed by atoms with Gasteiger partial charge >= 0.3 is 0 Å². The van der Waals surface area contributed by atoms with Gasteiger partial charge in [-0.1, -0.05) is 0 Å². The van der Waals surface area contributed by atoms with Crippen molar-refractivity contribution in [3.8, 4) is 5.88 Å². The molecule has 1 spiro atoms. The Morgan fingerprint density at radius 1 is 1.33 bits per heavy atom. The molecule has 0 atom stereocenters. The van der Waals surface area contributed by atoms with Gasteiger partial charge in [-0.2, -0.15) is 5.10 Å². The fraction of sp³-hybridized carbons (Fsp3) is 0.667. The predicted molar refractivity (Wildman–Crippen MR) is 63.1 cm³/mol. The van der Waals surface area contributed by atoms with E-state index in [0.717, 1.165) is 31.7 Å². The van der Waals surface area contributed by atoms with E-state index in [1.54, 1.807) is 7.11 Å². The molecule has 3 heterocycles. The van der Waals surface area contributed by atoms with E-state index < -0.39 is 0 Å². The van der Waals surface area contributed by atoms with Crippen LogP contribution < -0.4 is 4.74 Å². The molecule has 0 unspecified atom stereocenters. The maximum atomic E-state index is 5.69. The normalized spacial score (nSPS) is 22.7. The fourth-order valence-electron chi connectivity index (χ4n) is 2.46. The third kappa shape index (κ3) is 2.31. The third-order valence-electron chi connectivity index (χ3n) is 3.38. The number of rotatable bonds is 3. The minimum absolute atomic E-state index is 0.361. The largest absolute Gasteiger partial charge is 0.480 e. The van der Waals surface area contributed by atoms with Crippen molar-refractivity contribution in [3.05, 3.63) is 17.8 Å². The van der Waals surface area contributed by atoms with Gasteiger partial charge in [0.25, 0.3) is 0 Å². The van der Waals surface area contributed by atoms with Gasteiger partial charge in [0, 0.05) is 25.6 Å². The van der Waals surface area contributed by atoms with Gasteiger partial charge in [0.05, 0.1) is 32.6 Å². The van der Waals surface area contributed by atoms with E-state index in [1.807, 2.05) is 12.1 Å². The highest BCUT2D eigenvalue weighted by atomic mass is 16.7. The monoisotopic (exact) mass is 251 g/mol. The lowest BCUT2D eigenvalue weighted by molar-refractivity contribution is -0.145. The van der Waals surface area contributed by atoms with E-state index in [9.17, 15) is 0 Å². The molecule has 98 valence electrons. The van der Waals surface area contributed by atoms with Crippen LogP contribution in [0.1, 0.15) is 12.1 Å². The summed E-state index contributed by atoms with van der Waals surface area (Å²) in [6.07, 6.45) is 0.927. The third-order valence-corrected chi connectivity index (χ3v) is 3.38. The first kappa shape index (κ1) is 11.8. The van der Waals surface area contributed by atoms with Crippen molar-refractivity contribution >= 4 is 0 Å². The Labute approximate surface area is 106 Å². The van der Waals surface area contributed by atoms with Crippen LogP contribution in [0.25, 0.3) is 0 Å². The minimum atomic E-state index is -0.361. The van der Waals surface area contributed by atoms with Crippen LogP contribution in [-0.2, 0) is 16.0 Å². The van der Waals surface area contributed by atoms with Gasteiger partial charge < -0.3 is 14.2 Å². The summed E-state index contributed by atoms with van der Waals surface area (Å²) < 4.78 is 16.4. The Hall–Kier alpha value is -1.24. The molecule has 2 aliphatic rings. The zero-order chi connectivity index (χ0) is 12.4. The topological polar surface area (TPSA) is 56.7 Å². The molecular formula is C12H17N3O3. The summed E-state index contributed by atoms with van der Waals surface area (Å²) in [5.74, 6) is 0.180. The van der Waals surface area contributed by atoms with Crippen molar-refractivity contribution in [1.29, 1.82) is 0 Å². The Morgan fingerprint density at radius 2 is 2.17 bits per heavy atom. The maximum absolute atomic E-state index is 5.69. The average Bonchev–Trinajstić information content (AvgIpc) is 3.02. The molecule has 0 radical (unpaired) electrons. The van der Waals surface area contributed by atoms with E-state index in [2.05, 4.69) is 15.1 Å². The van der Waals surface area contributed by atoms with Crippen LogP contribution in [0.15, 0.2) is 12.1 Å². The summed E-state index contributed by atoms with van der Waals surface area (Å²) in [6, 6.07) is 3.77. The summed E-state index contributed by atoms with van der Waals surface area (Å²) in [7, 11) is 1.59. The summed E-state index contributed by atoms with van der Waals surface area (Å²) in [6.45, 7) is 3.95. The molecule has 3 rings (SSSR count). The lowest BCUT2D eigenvalue weighted by Gasteiger charge is -2.22. The molecule has 0 aliphatic carbocycles. The number of likely N-dealkylation sites (tertiary alicyclic amines) is 1. The molecule has 0 amide bonds. The van der Waals surface area contributed by atoms with Crippen molar-refractivity contribution < 1.29 is 14.2 Å². The first-order valence-electron chi connectivity index (χ1n) is 6.17. The molecule has 0 aromatic carbocycles. The zero-order valence-corrected chi connectivity index (χ0v) is 10.5. The maximum Gasteiger partial charge on any atom is 0.233 e. The fourth-order valence-corrected chi connectivity index (χ4v) is 2.46. The molecule has 2 fully saturated rings. The molecule has 0 bridgehead atoms. The Balaban J connectivity index is 1.60. The van der Waals surface area contributed by atoms with Gasteiger partial charge in [0.15, 0.2) is 5.79 Å². The first-order chi connectivity index (χ1) is 8.80. The van der Waals surface area contributed by atoms with Crippen LogP contribution in [0, 0.1) is 0 Å².